The highest BCUT2D eigenvalue weighted by atomic mass is 32.2. The average molecular weight is 321 g/mol. The Labute approximate surface area is 131 Å². The monoisotopic (exact) mass is 321 g/mol. The Morgan fingerprint density at radius 2 is 2.00 bits per heavy atom. The molecule has 0 aliphatic rings. The summed E-state index contributed by atoms with van der Waals surface area (Å²) in [4.78, 5) is 37.3. The molecular weight excluding hydrogens is 306 g/mol. The van der Waals surface area contributed by atoms with E-state index in [1.807, 2.05) is 0 Å². The van der Waals surface area contributed by atoms with Crippen LogP contribution in [0.1, 0.15) is 17.3 Å². The Morgan fingerprint density at radius 1 is 1.27 bits per heavy atom. The highest BCUT2D eigenvalue weighted by molar-refractivity contribution is 8.13. The van der Waals surface area contributed by atoms with Crippen LogP contribution in [0.25, 0.3) is 11.0 Å². The van der Waals surface area contributed by atoms with Crippen molar-refractivity contribution in [3.63, 3.8) is 0 Å². The number of rotatable bonds is 3. The number of thioether (sulfide) groups is 1. The molecule has 0 saturated heterocycles. The molecule has 1 aromatic heterocycles. The summed E-state index contributed by atoms with van der Waals surface area (Å²) in [6, 6.07) is 6.38. The summed E-state index contributed by atoms with van der Waals surface area (Å²) in [5.41, 5.74) is -0.550. The smallest absolute Gasteiger partial charge is 0.351 e. The third-order valence-electron chi connectivity index (χ3n) is 2.77. The van der Waals surface area contributed by atoms with E-state index >= 15 is 0 Å². The van der Waals surface area contributed by atoms with Crippen molar-refractivity contribution in [1.29, 1.82) is 0 Å². The largest absolute Gasteiger partial charge is 0.462 e. The van der Waals surface area contributed by atoms with Gasteiger partial charge in [0.15, 0.2) is 0 Å². The molecule has 0 N–H and O–H groups in total. The Balaban J connectivity index is 2.43. The van der Waals surface area contributed by atoms with Gasteiger partial charge in [0.05, 0.1) is 6.61 Å². The first-order valence-electron chi connectivity index (χ1n) is 6.56. The van der Waals surface area contributed by atoms with Crippen molar-refractivity contribution in [3.05, 3.63) is 40.2 Å². The zero-order valence-electron chi connectivity index (χ0n) is 12.4. The normalized spacial score (nSPS) is 10.5. The molecule has 2 aromatic rings. The van der Waals surface area contributed by atoms with Gasteiger partial charge in [-0.15, -0.1) is 0 Å². The Bertz CT molecular complexity index is 781. The number of hydrogen-bond acceptors (Lipinski definition) is 6. The molecular formula is C15H15NO5S. The van der Waals surface area contributed by atoms with E-state index in [-0.39, 0.29) is 17.4 Å². The van der Waals surface area contributed by atoms with E-state index in [0.29, 0.717) is 15.9 Å². The molecule has 116 valence electrons. The maximum atomic E-state index is 11.8. The lowest BCUT2D eigenvalue weighted by Gasteiger charge is -2.09. The summed E-state index contributed by atoms with van der Waals surface area (Å²) >= 11 is 1.05. The number of carbonyl (C=O) groups is 2. The van der Waals surface area contributed by atoms with E-state index < -0.39 is 11.6 Å². The van der Waals surface area contributed by atoms with Gasteiger partial charge in [-0.05, 0) is 43.0 Å². The van der Waals surface area contributed by atoms with E-state index in [0.717, 1.165) is 11.8 Å². The predicted octanol–water partition coefficient (Wildman–Crippen LogP) is 2.74. The molecule has 0 spiro atoms. The Morgan fingerprint density at radius 3 is 2.64 bits per heavy atom. The molecule has 1 heterocycles. The van der Waals surface area contributed by atoms with E-state index in [2.05, 4.69) is 0 Å². The summed E-state index contributed by atoms with van der Waals surface area (Å²) in [5, 5.41) is 0.432. The summed E-state index contributed by atoms with van der Waals surface area (Å²) < 4.78 is 9.93. The molecule has 0 unspecified atom stereocenters. The van der Waals surface area contributed by atoms with Crippen molar-refractivity contribution in [2.45, 2.75) is 11.8 Å². The minimum atomic E-state index is -0.740. The standard InChI is InChI=1S/C15H15NO5S/c1-4-20-13(17)11-8-9-7-10(22-15(19)16(2)3)5-6-12(9)21-14(11)18/h5-8H,4H2,1-3H3. The first kappa shape index (κ1) is 16.1. The molecule has 7 heteroatoms. The second-order valence-electron chi connectivity index (χ2n) is 4.63. The molecule has 0 radical (unpaired) electrons. The van der Waals surface area contributed by atoms with Crippen molar-refractivity contribution >= 4 is 33.9 Å². The fraction of sp³-hybridized carbons (Fsp3) is 0.267. The highest BCUT2D eigenvalue weighted by Crippen LogP contribution is 2.25. The van der Waals surface area contributed by atoms with Crippen LogP contribution in [0.3, 0.4) is 0 Å². The van der Waals surface area contributed by atoms with Crippen LogP contribution in [0, 0.1) is 0 Å². The van der Waals surface area contributed by atoms with Gasteiger partial charge < -0.3 is 14.1 Å². The van der Waals surface area contributed by atoms with Crippen LogP contribution in [-0.2, 0) is 4.74 Å². The van der Waals surface area contributed by atoms with Gasteiger partial charge in [0.2, 0.25) is 0 Å². The number of fused-ring (bicyclic) bond motifs is 1. The molecule has 0 atom stereocenters. The highest BCUT2D eigenvalue weighted by Gasteiger charge is 2.15. The minimum absolute atomic E-state index is 0.123. The maximum absolute atomic E-state index is 11.8. The number of benzene rings is 1. The molecule has 0 fully saturated rings. The van der Waals surface area contributed by atoms with Crippen LogP contribution in [0.2, 0.25) is 0 Å². The fourth-order valence-electron chi connectivity index (χ4n) is 1.71. The van der Waals surface area contributed by atoms with Crippen molar-refractivity contribution in [3.8, 4) is 0 Å². The van der Waals surface area contributed by atoms with Gasteiger partial charge in [-0.2, -0.15) is 0 Å². The SMILES string of the molecule is CCOC(=O)c1cc2cc(SC(=O)N(C)C)ccc2oc1=O. The number of hydrogen-bond donors (Lipinski definition) is 0. The van der Waals surface area contributed by atoms with Gasteiger partial charge in [0, 0.05) is 24.4 Å². The average Bonchev–Trinajstić information content (AvgIpc) is 2.46. The lowest BCUT2D eigenvalue weighted by molar-refractivity contribution is 0.0521. The van der Waals surface area contributed by atoms with Crippen molar-refractivity contribution < 1.29 is 18.7 Å². The van der Waals surface area contributed by atoms with Crippen LogP contribution in [0.5, 0.6) is 0 Å². The van der Waals surface area contributed by atoms with Crippen molar-refractivity contribution in [1.82, 2.24) is 4.90 Å². The van der Waals surface area contributed by atoms with Crippen molar-refractivity contribution in [2.75, 3.05) is 20.7 Å². The van der Waals surface area contributed by atoms with Gasteiger partial charge in [-0.3, -0.25) is 4.79 Å². The van der Waals surface area contributed by atoms with Gasteiger partial charge >= 0.3 is 11.6 Å². The third kappa shape index (κ3) is 3.48. The van der Waals surface area contributed by atoms with E-state index in [1.54, 1.807) is 39.2 Å². The van der Waals surface area contributed by atoms with Crippen molar-refractivity contribution in [2.24, 2.45) is 0 Å². The zero-order valence-corrected chi connectivity index (χ0v) is 13.2. The quantitative estimate of drug-likeness (QED) is 0.491. The van der Waals surface area contributed by atoms with Crippen LogP contribution in [-0.4, -0.2) is 36.8 Å². The van der Waals surface area contributed by atoms with Crippen LogP contribution < -0.4 is 5.63 Å². The molecule has 0 bridgehead atoms. The number of nitrogens with zero attached hydrogens (tertiary/aromatic N) is 1. The molecule has 0 saturated carbocycles. The lowest BCUT2D eigenvalue weighted by atomic mass is 10.2. The topological polar surface area (TPSA) is 76.8 Å². The summed E-state index contributed by atoms with van der Waals surface area (Å²) in [6.07, 6.45) is 0. The van der Waals surface area contributed by atoms with Gasteiger partial charge in [0.1, 0.15) is 11.1 Å². The number of carbonyl (C=O) groups excluding carboxylic acids is 2. The molecule has 2 rings (SSSR count). The maximum Gasteiger partial charge on any atom is 0.351 e. The lowest BCUT2D eigenvalue weighted by Crippen LogP contribution is -2.16. The Kier molecular flexibility index (Phi) is 4.87. The molecule has 6 nitrogen and oxygen atoms in total. The van der Waals surface area contributed by atoms with Crippen LogP contribution in [0.15, 0.2) is 38.4 Å². The number of esters is 1. The molecule has 0 aliphatic heterocycles. The molecule has 22 heavy (non-hydrogen) atoms. The summed E-state index contributed by atoms with van der Waals surface area (Å²) in [5.74, 6) is -0.722. The van der Waals surface area contributed by atoms with E-state index in [4.69, 9.17) is 9.15 Å². The Hall–Kier alpha value is -2.28. The zero-order chi connectivity index (χ0) is 16.3. The minimum Gasteiger partial charge on any atom is -0.462 e. The summed E-state index contributed by atoms with van der Waals surface area (Å²) in [7, 11) is 3.32. The van der Waals surface area contributed by atoms with Gasteiger partial charge in [0.25, 0.3) is 5.24 Å². The van der Waals surface area contributed by atoms with Gasteiger partial charge in [-0.25, -0.2) is 9.59 Å². The molecule has 1 amide bonds. The number of ether oxygens (including phenoxy) is 1. The second-order valence-corrected chi connectivity index (χ2v) is 5.65. The van der Waals surface area contributed by atoms with E-state index in [9.17, 15) is 14.4 Å². The number of amides is 1. The third-order valence-corrected chi connectivity index (χ3v) is 3.80. The molecule has 0 aliphatic carbocycles. The first-order valence-corrected chi connectivity index (χ1v) is 7.38. The van der Waals surface area contributed by atoms with Gasteiger partial charge in [-0.1, -0.05) is 0 Å². The fourth-order valence-corrected chi connectivity index (χ4v) is 2.41. The summed E-state index contributed by atoms with van der Waals surface area (Å²) in [6.45, 7) is 1.83. The second kappa shape index (κ2) is 6.65. The van der Waals surface area contributed by atoms with Crippen LogP contribution in [0.4, 0.5) is 4.79 Å². The first-order chi connectivity index (χ1) is 10.4. The van der Waals surface area contributed by atoms with E-state index in [1.165, 1.54) is 11.0 Å². The van der Waals surface area contributed by atoms with Crippen LogP contribution >= 0.6 is 11.8 Å². The molecule has 1 aromatic carbocycles. The predicted molar refractivity (Wildman–Crippen MR) is 83.4 cm³/mol.